The third kappa shape index (κ3) is 3.16. The first-order valence-electron chi connectivity index (χ1n) is 8.92. The van der Waals surface area contributed by atoms with E-state index in [0.717, 1.165) is 55.4 Å². The summed E-state index contributed by atoms with van der Waals surface area (Å²) in [5.74, 6) is 1.21. The van der Waals surface area contributed by atoms with Gasteiger partial charge in [0.25, 0.3) is 5.91 Å². The van der Waals surface area contributed by atoms with Crippen LogP contribution in [0.4, 0.5) is 0 Å². The molecule has 4 rings (SSSR count). The number of fused-ring (bicyclic) bond motifs is 1. The molecule has 3 aromatic rings. The van der Waals surface area contributed by atoms with Crippen molar-refractivity contribution in [2.24, 2.45) is 0 Å². The maximum atomic E-state index is 12.6. The van der Waals surface area contributed by atoms with Crippen molar-refractivity contribution in [2.45, 2.75) is 38.5 Å². The number of likely N-dealkylation sites (tertiary alicyclic amines) is 1. The summed E-state index contributed by atoms with van der Waals surface area (Å²) in [5.41, 5.74) is 2.79. The highest BCUT2D eigenvalue weighted by molar-refractivity contribution is 5.92. The molecule has 0 spiro atoms. The van der Waals surface area contributed by atoms with Crippen LogP contribution in [0, 0.1) is 0 Å². The molecule has 0 bridgehead atoms. The number of carbonyl (C=O) groups is 1. The van der Waals surface area contributed by atoms with Gasteiger partial charge in [0.15, 0.2) is 5.69 Å². The molecule has 0 unspecified atom stereocenters. The van der Waals surface area contributed by atoms with E-state index in [2.05, 4.69) is 28.1 Å². The van der Waals surface area contributed by atoms with Gasteiger partial charge in [0, 0.05) is 60.5 Å². The molecule has 130 valence electrons. The van der Waals surface area contributed by atoms with Crippen molar-refractivity contribution < 1.29 is 9.32 Å². The Bertz CT molecular complexity index is 841. The topological polar surface area (TPSA) is 75.0 Å². The molecule has 6 nitrogen and oxygen atoms in total. The van der Waals surface area contributed by atoms with Gasteiger partial charge in [0.1, 0.15) is 5.76 Å². The van der Waals surface area contributed by atoms with Gasteiger partial charge in [0.2, 0.25) is 0 Å². The summed E-state index contributed by atoms with van der Waals surface area (Å²) in [5, 5.41) is 5.08. The van der Waals surface area contributed by atoms with E-state index in [1.807, 2.05) is 17.2 Å². The minimum atomic E-state index is -0.0228. The molecule has 0 aliphatic carbocycles. The molecular formula is C19H22N4O2. The zero-order valence-electron chi connectivity index (χ0n) is 14.4. The Balaban J connectivity index is 1.41. The van der Waals surface area contributed by atoms with Crippen LogP contribution in [0.5, 0.6) is 0 Å². The van der Waals surface area contributed by atoms with Crippen LogP contribution in [0.15, 0.2) is 35.1 Å². The van der Waals surface area contributed by atoms with E-state index in [0.29, 0.717) is 11.6 Å². The predicted octanol–water partition coefficient (Wildman–Crippen LogP) is 3.52. The third-order valence-corrected chi connectivity index (χ3v) is 4.94. The van der Waals surface area contributed by atoms with Crippen LogP contribution in [0.25, 0.3) is 10.9 Å². The van der Waals surface area contributed by atoms with E-state index in [9.17, 15) is 4.79 Å². The van der Waals surface area contributed by atoms with E-state index >= 15 is 0 Å². The van der Waals surface area contributed by atoms with Crippen molar-refractivity contribution in [3.05, 3.63) is 47.7 Å². The molecule has 1 N–H and O–H groups in total. The molecule has 6 heteroatoms. The van der Waals surface area contributed by atoms with Crippen LogP contribution in [0.2, 0.25) is 0 Å². The normalized spacial score (nSPS) is 15.8. The van der Waals surface area contributed by atoms with Gasteiger partial charge in [-0.1, -0.05) is 12.1 Å². The second-order valence-electron chi connectivity index (χ2n) is 6.68. The summed E-state index contributed by atoms with van der Waals surface area (Å²) in [4.78, 5) is 22.1. The lowest BCUT2D eigenvalue weighted by molar-refractivity contribution is 0.0701. The highest BCUT2D eigenvalue weighted by Gasteiger charge is 2.27. The average molecular weight is 338 g/mol. The minimum absolute atomic E-state index is 0.0228. The number of pyridine rings is 1. The summed E-state index contributed by atoms with van der Waals surface area (Å²) in [6.45, 7) is 3.56. The van der Waals surface area contributed by atoms with Crippen LogP contribution in [-0.2, 0) is 6.42 Å². The maximum absolute atomic E-state index is 12.6. The fraction of sp³-hybridized carbons (Fsp3) is 0.421. The summed E-state index contributed by atoms with van der Waals surface area (Å²) >= 11 is 0. The van der Waals surface area contributed by atoms with Gasteiger partial charge in [-0.15, -0.1) is 0 Å². The van der Waals surface area contributed by atoms with Crippen molar-refractivity contribution in [2.75, 3.05) is 13.1 Å². The van der Waals surface area contributed by atoms with E-state index < -0.39 is 0 Å². The number of aromatic nitrogens is 3. The molecular weight excluding hydrogens is 316 g/mol. The van der Waals surface area contributed by atoms with Gasteiger partial charge in [-0.2, -0.15) is 0 Å². The molecule has 4 heterocycles. The highest BCUT2D eigenvalue weighted by atomic mass is 16.5. The molecule has 1 amide bonds. The number of hydrogen-bond donors (Lipinski definition) is 1. The zero-order valence-corrected chi connectivity index (χ0v) is 14.4. The molecule has 1 aliphatic heterocycles. The summed E-state index contributed by atoms with van der Waals surface area (Å²) in [6, 6.07) is 5.96. The molecule has 0 atom stereocenters. The standard InChI is InChI=1S/C19H22N4O2/c1-2-3-15-11-18(22-25-15)19(24)23-8-5-13(6-9-23)17-10-14-12-20-7-4-16(14)21-17/h4,7,10-13,21H,2-3,5-6,8-9H2,1H3. The fourth-order valence-corrected chi connectivity index (χ4v) is 3.55. The Morgan fingerprint density at radius 2 is 2.20 bits per heavy atom. The molecule has 0 aromatic carbocycles. The Morgan fingerprint density at radius 1 is 1.36 bits per heavy atom. The maximum Gasteiger partial charge on any atom is 0.276 e. The Labute approximate surface area is 146 Å². The van der Waals surface area contributed by atoms with Gasteiger partial charge in [-0.05, 0) is 31.4 Å². The van der Waals surface area contributed by atoms with Crippen molar-refractivity contribution in [1.82, 2.24) is 20.0 Å². The molecule has 25 heavy (non-hydrogen) atoms. The number of nitrogens with one attached hydrogen (secondary N) is 1. The van der Waals surface area contributed by atoms with Crippen molar-refractivity contribution in [1.29, 1.82) is 0 Å². The number of rotatable bonds is 4. The molecule has 1 fully saturated rings. The SMILES string of the molecule is CCCc1cc(C(=O)N2CCC(c3cc4cnccc4[nH]3)CC2)no1. The lowest BCUT2D eigenvalue weighted by Crippen LogP contribution is -2.38. The molecule has 3 aromatic heterocycles. The van der Waals surface area contributed by atoms with E-state index in [4.69, 9.17) is 4.52 Å². The summed E-state index contributed by atoms with van der Waals surface area (Å²) in [6.07, 6.45) is 7.38. The van der Waals surface area contributed by atoms with E-state index in [-0.39, 0.29) is 5.91 Å². The molecule has 0 saturated carbocycles. The number of nitrogens with zero attached hydrogens (tertiary/aromatic N) is 3. The number of hydrogen-bond acceptors (Lipinski definition) is 4. The van der Waals surface area contributed by atoms with Crippen LogP contribution in [0.1, 0.15) is 54.0 Å². The Morgan fingerprint density at radius 3 is 2.96 bits per heavy atom. The quantitative estimate of drug-likeness (QED) is 0.790. The van der Waals surface area contributed by atoms with Gasteiger partial charge in [-0.25, -0.2) is 0 Å². The molecule has 1 saturated heterocycles. The number of aryl methyl sites for hydroxylation is 1. The second kappa shape index (κ2) is 6.70. The van der Waals surface area contributed by atoms with Crippen molar-refractivity contribution in [3.63, 3.8) is 0 Å². The minimum Gasteiger partial charge on any atom is -0.361 e. The molecule has 0 radical (unpaired) electrons. The lowest BCUT2D eigenvalue weighted by atomic mass is 9.93. The number of H-pyrrole nitrogens is 1. The van der Waals surface area contributed by atoms with Crippen LogP contribution in [-0.4, -0.2) is 39.0 Å². The van der Waals surface area contributed by atoms with Crippen molar-refractivity contribution in [3.8, 4) is 0 Å². The first kappa shape index (κ1) is 15.9. The number of aromatic amines is 1. The largest absolute Gasteiger partial charge is 0.361 e. The highest BCUT2D eigenvalue weighted by Crippen LogP contribution is 2.30. The van der Waals surface area contributed by atoms with Crippen LogP contribution >= 0.6 is 0 Å². The second-order valence-corrected chi connectivity index (χ2v) is 6.68. The van der Waals surface area contributed by atoms with Gasteiger partial charge < -0.3 is 14.4 Å². The molecule has 1 aliphatic rings. The Hall–Kier alpha value is -2.63. The predicted molar refractivity (Wildman–Crippen MR) is 94.5 cm³/mol. The van der Waals surface area contributed by atoms with Crippen LogP contribution < -0.4 is 0 Å². The number of carbonyl (C=O) groups excluding carboxylic acids is 1. The number of amides is 1. The van der Waals surface area contributed by atoms with Crippen LogP contribution in [0.3, 0.4) is 0 Å². The monoisotopic (exact) mass is 338 g/mol. The average Bonchev–Trinajstić information content (AvgIpc) is 3.28. The summed E-state index contributed by atoms with van der Waals surface area (Å²) < 4.78 is 5.23. The Kier molecular flexibility index (Phi) is 4.26. The first-order valence-corrected chi connectivity index (χ1v) is 8.92. The summed E-state index contributed by atoms with van der Waals surface area (Å²) in [7, 11) is 0. The smallest absolute Gasteiger partial charge is 0.276 e. The van der Waals surface area contributed by atoms with E-state index in [1.54, 1.807) is 12.3 Å². The van der Waals surface area contributed by atoms with Gasteiger partial charge >= 0.3 is 0 Å². The zero-order chi connectivity index (χ0) is 17.2. The third-order valence-electron chi connectivity index (χ3n) is 4.94. The number of piperidine rings is 1. The van der Waals surface area contributed by atoms with E-state index in [1.165, 1.54) is 5.69 Å². The van der Waals surface area contributed by atoms with Crippen molar-refractivity contribution >= 4 is 16.8 Å². The van der Waals surface area contributed by atoms with Gasteiger partial charge in [-0.3, -0.25) is 9.78 Å². The first-order chi connectivity index (χ1) is 12.2. The lowest BCUT2D eigenvalue weighted by Gasteiger charge is -2.31. The fourth-order valence-electron chi connectivity index (χ4n) is 3.55. The van der Waals surface area contributed by atoms with Gasteiger partial charge in [0.05, 0.1) is 0 Å².